The van der Waals surface area contributed by atoms with Crippen LogP contribution in [0.2, 0.25) is 0 Å². The third kappa shape index (κ3) is 5.47. The van der Waals surface area contributed by atoms with Crippen molar-refractivity contribution in [2.75, 3.05) is 6.61 Å². The van der Waals surface area contributed by atoms with Crippen molar-refractivity contribution in [1.29, 1.82) is 0 Å². The molecular formula is C32H44F3NO2. The molecule has 6 heteroatoms. The van der Waals surface area contributed by atoms with Gasteiger partial charge in [0.1, 0.15) is 0 Å². The molecule has 1 saturated heterocycles. The van der Waals surface area contributed by atoms with Gasteiger partial charge in [-0.05, 0) is 100 Å². The van der Waals surface area contributed by atoms with Gasteiger partial charge >= 0.3 is 6.18 Å². The third-order valence-corrected chi connectivity index (χ3v) is 10.7. The summed E-state index contributed by atoms with van der Waals surface area (Å²) in [6.45, 7) is 0.818. The van der Waals surface area contributed by atoms with E-state index in [1.807, 2.05) is 0 Å². The molecule has 3 fully saturated rings. The minimum atomic E-state index is -4.21. The van der Waals surface area contributed by atoms with Crippen molar-refractivity contribution in [3.63, 3.8) is 0 Å². The highest BCUT2D eigenvalue weighted by Gasteiger charge is 2.53. The third-order valence-electron chi connectivity index (χ3n) is 10.7. The Morgan fingerprint density at radius 2 is 1.74 bits per heavy atom. The largest absolute Gasteiger partial charge is 0.412 e. The molecule has 38 heavy (non-hydrogen) atoms. The predicted molar refractivity (Wildman–Crippen MR) is 143 cm³/mol. The molecule has 2 N–H and O–H groups in total. The fourth-order valence-corrected chi connectivity index (χ4v) is 8.72. The van der Waals surface area contributed by atoms with Crippen LogP contribution in [0.15, 0.2) is 47.6 Å². The second-order valence-corrected chi connectivity index (χ2v) is 12.9. The first-order valence-electron chi connectivity index (χ1n) is 15.2. The first kappa shape index (κ1) is 26.8. The van der Waals surface area contributed by atoms with Gasteiger partial charge in [0, 0.05) is 17.5 Å². The normalized spacial score (nSPS) is 43.3. The van der Waals surface area contributed by atoms with Crippen LogP contribution >= 0.6 is 0 Å². The number of ether oxygens (including phenoxy) is 2. The zero-order valence-corrected chi connectivity index (χ0v) is 22.5. The Hall–Kier alpha value is -1.37. The van der Waals surface area contributed by atoms with Crippen molar-refractivity contribution >= 4 is 0 Å². The van der Waals surface area contributed by atoms with Crippen molar-refractivity contribution in [2.45, 2.75) is 108 Å². The predicted octanol–water partition coefficient (Wildman–Crippen LogP) is 7.44. The van der Waals surface area contributed by atoms with Gasteiger partial charge in [-0.25, -0.2) is 0 Å². The van der Waals surface area contributed by atoms with Gasteiger partial charge in [-0.1, -0.05) is 48.5 Å². The number of nitrogens with two attached hydrogens (primary N) is 1. The smallest absolute Gasteiger partial charge is 0.372 e. The maximum Gasteiger partial charge on any atom is 0.412 e. The number of rotatable bonds is 5. The summed E-state index contributed by atoms with van der Waals surface area (Å²) >= 11 is 0. The van der Waals surface area contributed by atoms with Gasteiger partial charge in [0.05, 0.1) is 24.9 Å². The van der Waals surface area contributed by atoms with Gasteiger partial charge in [0.25, 0.3) is 0 Å². The highest BCUT2D eigenvalue weighted by atomic mass is 19.4. The number of hydrogen-bond donors (Lipinski definition) is 1. The van der Waals surface area contributed by atoms with Crippen LogP contribution in [0.4, 0.5) is 13.2 Å². The van der Waals surface area contributed by atoms with E-state index in [1.54, 1.807) is 6.08 Å². The molecule has 3 nitrogen and oxygen atoms in total. The van der Waals surface area contributed by atoms with E-state index in [1.165, 1.54) is 56.6 Å². The van der Waals surface area contributed by atoms with E-state index >= 15 is 0 Å². The molecule has 0 radical (unpaired) electrons. The Morgan fingerprint density at radius 1 is 0.921 bits per heavy atom. The number of allylic oxidation sites excluding steroid dienone is 6. The lowest BCUT2D eigenvalue weighted by atomic mass is 9.61. The Balaban J connectivity index is 1.08. The summed E-state index contributed by atoms with van der Waals surface area (Å²) in [5, 5.41) is 0. The molecule has 0 aromatic carbocycles. The Kier molecular flexibility index (Phi) is 7.94. The lowest BCUT2D eigenvalue weighted by Crippen LogP contribution is -2.40. The van der Waals surface area contributed by atoms with Crippen LogP contribution in [0.25, 0.3) is 0 Å². The Labute approximate surface area is 225 Å². The first-order valence-corrected chi connectivity index (χ1v) is 15.2. The second-order valence-electron chi connectivity index (χ2n) is 12.9. The molecule has 8 atom stereocenters. The molecule has 2 saturated carbocycles. The van der Waals surface area contributed by atoms with Crippen LogP contribution in [0.3, 0.4) is 0 Å². The first-order chi connectivity index (χ1) is 18.4. The maximum absolute atomic E-state index is 13.2. The van der Waals surface area contributed by atoms with Crippen LogP contribution in [0.5, 0.6) is 0 Å². The lowest BCUT2D eigenvalue weighted by molar-refractivity contribution is -0.0942. The second kappa shape index (κ2) is 11.2. The molecule has 8 unspecified atom stereocenters. The van der Waals surface area contributed by atoms with Crippen molar-refractivity contribution in [1.82, 2.24) is 0 Å². The average molecular weight is 532 g/mol. The van der Waals surface area contributed by atoms with Gasteiger partial charge in [0.2, 0.25) is 0 Å². The lowest BCUT2D eigenvalue weighted by Gasteiger charge is -2.43. The molecule has 1 heterocycles. The van der Waals surface area contributed by atoms with E-state index in [9.17, 15) is 13.2 Å². The van der Waals surface area contributed by atoms with Crippen molar-refractivity contribution < 1.29 is 22.6 Å². The van der Waals surface area contributed by atoms with Crippen LogP contribution in [-0.2, 0) is 9.47 Å². The molecule has 6 aliphatic rings. The summed E-state index contributed by atoms with van der Waals surface area (Å²) in [7, 11) is 0. The minimum absolute atomic E-state index is 0.0756. The molecule has 0 aromatic heterocycles. The maximum atomic E-state index is 13.2. The van der Waals surface area contributed by atoms with Gasteiger partial charge in [-0.2, -0.15) is 13.2 Å². The molecular weight excluding hydrogens is 487 g/mol. The SMILES string of the molecule is NC1CCC=CC1OCC1CCC(C2CCCC3C2OC2C=CCC(C4=CC=C(C(F)(F)F)CC4)C23)CC1. The molecule has 210 valence electrons. The van der Waals surface area contributed by atoms with Crippen molar-refractivity contribution in [3.05, 3.63) is 47.6 Å². The van der Waals surface area contributed by atoms with Crippen LogP contribution in [-0.4, -0.2) is 37.1 Å². The van der Waals surface area contributed by atoms with Gasteiger partial charge in [-0.3, -0.25) is 0 Å². The topological polar surface area (TPSA) is 44.5 Å². The number of fused-ring (bicyclic) bond motifs is 3. The van der Waals surface area contributed by atoms with Gasteiger partial charge in [-0.15, -0.1) is 0 Å². The Morgan fingerprint density at radius 3 is 2.47 bits per heavy atom. The molecule has 1 aliphatic heterocycles. The van der Waals surface area contributed by atoms with Crippen molar-refractivity contribution in [3.8, 4) is 0 Å². The van der Waals surface area contributed by atoms with E-state index in [-0.39, 0.29) is 30.2 Å². The Bertz CT molecular complexity index is 960. The molecule has 0 amide bonds. The molecule has 5 aliphatic carbocycles. The highest BCUT2D eigenvalue weighted by molar-refractivity contribution is 5.30. The fourth-order valence-electron chi connectivity index (χ4n) is 8.72. The van der Waals surface area contributed by atoms with Crippen LogP contribution < -0.4 is 5.73 Å². The van der Waals surface area contributed by atoms with Gasteiger partial charge < -0.3 is 15.2 Å². The molecule has 0 spiro atoms. The van der Waals surface area contributed by atoms with E-state index in [0.717, 1.165) is 25.9 Å². The molecule has 6 rings (SSSR count). The van der Waals surface area contributed by atoms with E-state index in [4.69, 9.17) is 15.2 Å². The standard InChI is InChI=1S/C32H44F3NO2/c33-32(34,35)23-17-15-21(16-18-23)24-5-4-10-29-30(24)26-7-3-6-25(31(26)38-29)22-13-11-20(12-14-22)19-37-28-9-2-1-8-27(28)36/h2,4,9-10,15,17,20,22,24-31H,1,3,5-8,11-14,16,18-19,36H2. The molecule has 0 bridgehead atoms. The summed E-state index contributed by atoms with van der Waals surface area (Å²) in [5.74, 6) is 3.21. The molecule has 0 aromatic rings. The summed E-state index contributed by atoms with van der Waals surface area (Å²) in [6, 6.07) is 0.128. The summed E-state index contributed by atoms with van der Waals surface area (Å²) in [5.41, 5.74) is 7.07. The average Bonchev–Trinajstić information content (AvgIpc) is 3.32. The number of alkyl halides is 3. The minimum Gasteiger partial charge on any atom is -0.372 e. The summed E-state index contributed by atoms with van der Waals surface area (Å²) in [4.78, 5) is 0. The van der Waals surface area contributed by atoms with Crippen LogP contribution in [0.1, 0.15) is 77.0 Å². The fraction of sp³-hybridized carbons (Fsp3) is 0.750. The van der Waals surface area contributed by atoms with E-state index in [2.05, 4.69) is 24.3 Å². The van der Waals surface area contributed by atoms with Crippen molar-refractivity contribution in [2.24, 2.45) is 41.2 Å². The highest BCUT2D eigenvalue weighted by Crippen LogP contribution is 2.55. The number of halogens is 3. The summed E-state index contributed by atoms with van der Waals surface area (Å²) in [6.07, 6.45) is 20.5. The summed E-state index contributed by atoms with van der Waals surface area (Å²) < 4.78 is 52.6. The monoisotopic (exact) mass is 531 g/mol. The quantitative estimate of drug-likeness (QED) is 0.375. The zero-order chi connectivity index (χ0) is 26.3. The van der Waals surface area contributed by atoms with Crippen LogP contribution in [0, 0.1) is 35.5 Å². The zero-order valence-electron chi connectivity index (χ0n) is 22.5. The van der Waals surface area contributed by atoms with E-state index in [0.29, 0.717) is 48.0 Å². The number of hydrogen-bond acceptors (Lipinski definition) is 3. The van der Waals surface area contributed by atoms with Gasteiger partial charge in [0.15, 0.2) is 0 Å². The van der Waals surface area contributed by atoms with E-state index < -0.39 is 6.18 Å².